The van der Waals surface area contributed by atoms with Gasteiger partial charge >= 0.3 is 0 Å². The number of para-hydroxylation sites is 2. The number of H-pyrrole nitrogens is 1. The maximum atomic E-state index is 12.9. The summed E-state index contributed by atoms with van der Waals surface area (Å²) >= 11 is 0. The summed E-state index contributed by atoms with van der Waals surface area (Å²) in [5.41, 5.74) is 2.30. The topological polar surface area (TPSA) is 109 Å². The number of nitrogens with zero attached hydrogens (tertiary/aromatic N) is 1. The Labute approximate surface area is 203 Å². The highest BCUT2D eigenvalue weighted by molar-refractivity contribution is 6.05. The number of benzene rings is 2. The molecule has 0 bridgehead atoms. The number of hydrogen-bond acceptors (Lipinski definition) is 5. The molecule has 0 fully saturated rings. The van der Waals surface area contributed by atoms with E-state index < -0.39 is 11.8 Å². The number of rotatable bonds is 10. The Hall–Kier alpha value is -4.33. The van der Waals surface area contributed by atoms with E-state index in [1.165, 1.54) is 12.3 Å². The van der Waals surface area contributed by atoms with Gasteiger partial charge in [-0.2, -0.15) is 0 Å². The van der Waals surface area contributed by atoms with Crippen LogP contribution in [0.4, 0.5) is 0 Å². The second-order valence-corrected chi connectivity index (χ2v) is 8.46. The molecule has 2 aromatic carbocycles. The number of carbonyl (C=O) groups is 2. The van der Waals surface area contributed by atoms with Crippen molar-refractivity contribution in [3.63, 3.8) is 0 Å². The first-order valence-corrected chi connectivity index (χ1v) is 11.5. The van der Waals surface area contributed by atoms with Crippen LogP contribution in [-0.4, -0.2) is 34.9 Å². The first kappa shape index (κ1) is 23.8. The van der Waals surface area contributed by atoms with Crippen LogP contribution >= 0.6 is 0 Å². The third kappa shape index (κ3) is 6.60. The molecule has 0 aliphatic rings. The molecular weight excluding hydrogens is 444 g/mol. The number of ether oxygens (including phenoxy) is 1. The number of aromatic amines is 1. The fourth-order valence-corrected chi connectivity index (χ4v) is 3.35. The minimum Gasteiger partial charge on any atom is -0.493 e. The third-order valence-corrected chi connectivity index (χ3v) is 5.11. The summed E-state index contributed by atoms with van der Waals surface area (Å²) in [7, 11) is 0. The molecule has 2 heterocycles. The van der Waals surface area contributed by atoms with Crippen molar-refractivity contribution in [2.45, 2.75) is 20.3 Å². The van der Waals surface area contributed by atoms with Crippen molar-refractivity contribution in [2.75, 3.05) is 13.2 Å². The lowest BCUT2D eigenvalue weighted by Crippen LogP contribution is -2.35. The number of imidazole rings is 1. The standard InChI is InChI=1S/C27H28N4O4/c1-18(2)17-35-20-11-9-19(10-12-20)26(32)31-24(16-21-6-5-15-34-21)27(33)28-14-13-25-29-22-7-3-4-8-23(22)30-25/h3-12,15-16,18H,13-14,17H2,1-2H3,(H,28,33)(H,29,30)(H,31,32). The van der Waals surface area contributed by atoms with Gasteiger partial charge in [-0.3, -0.25) is 9.59 Å². The van der Waals surface area contributed by atoms with Gasteiger partial charge in [0.25, 0.3) is 11.8 Å². The molecule has 2 amide bonds. The number of carbonyl (C=O) groups excluding carboxylic acids is 2. The van der Waals surface area contributed by atoms with Crippen LogP contribution < -0.4 is 15.4 Å². The number of furan rings is 1. The van der Waals surface area contributed by atoms with Gasteiger partial charge < -0.3 is 24.8 Å². The Balaban J connectivity index is 1.40. The zero-order valence-corrected chi connectivity index (χ0v) is 19.7. The highest BCUT2D eigenvalue weighted by Gasteiger charge is 2.16. The summed E-state index contributed by atoms with van der Waals surface area (Å²) in [6.07, 6.45) is 3.51. The fourth-order valence-electron chi connectivity index (χ4n) is 3.35. The highest BCUT2D eigenvalue weighted by atomic mass is 16.5. The number of amides is 2. The fraction of sp³-hybridized carbons (Fsp3) is 0.222. The summed E-state index contributed by atoms with van der Waals surface area (Å²) < 4.78 is 11.0. The van der Waals surface area contributed by atoms with Gasteiger partial charge in [-0.25, -0.2) is 4.98 Å². The van der Waals surface area contributed by atoms with Gasteiger partial charge in [0.15, 0.2) is 0 Å². The smallest absolute Gasteiger partial charge is 0.267 e. The van der Waals surface area contributed by atoms with Crippen LogP contribution in [0.1, 0.15) is 35.8 Å². The first-order valence-electron chi connectivity index (χ1n) is 11.5. The molecule has 4 rings (SSSR count). The summed E-state index contributed by atoms with van der Waals surface area (Å²) in [4.78, 5) is 33.5. The molecular formula is C27H28N4O4. The van der Waals surface area contributed by atoms with E-state index in [0.717, 1.165) is 16.9 Å². The predicted octanol–water partition coefficient (Wildman–Crippen LogP) is 4.32. The first-order chi connectivity index (χ1) is 17.0. The lowest BCUT2D eigenvalue weighted by atomic mass is 10.2. The van der Waals surface area contributed by atoms with Gasteiger partial charge in [-0.05, 0) is 54.4 Å². The van der Waals surface area contributed by atoms with Crippen LogP contribution in [0.3, 0.4) is 0 Å². The van der Waals surface area contributed by atoms with E-state index in [-0.39, 0.29) is 5.70 Å². The largest absolute Gasteiger partial charge is 0.493 e. The molecule has 0 saturated heterocycles. The van der Waals surface area contributed by atoms with Crippen molar-refractivity contribution in [3.8, 4) is 5.75 Å². The second kappa shape index (κ2) is 11.2. The van der Waals surface area contributed by atoms with Crippen LogP contribution in [0.25, 0.3) is 17.1 Å². The molecule has 8 nitrogen and oxygen atoms in total. The number of nitrogens with one attached hydrogen (secondary N) is 3. The average molecular weight is 473 g/mol. The van der Waals surface area contributed by atoms with E-state index in [4.69, 9.17) is 9.15 Å². The molecule has 0 aliphatic carbocycles. The quantitative estimate of drug-likeness (QED) is 0.298. The van der Waals surface area contributed by atoms with E-state index in [9.17, 15) is 9.59 Å². The van der Waals surface area contributed by atoms with Gasteiger partial charge in [0.1, 0.15) is 23.0 Å². The molecule has 0 unspecified atom stereocenters. The van der Waals surface area contributed by atoms with E-state index in [0.29, 0.717) is 42.6 Å². The van der Waals surface area contributed by atoms with Crippen LogP contribution in [0.15, 0.2) is 77.0 Å². The Bertz CT molecular complexity index is 1270. The van der Waals surface area contributed by atoms with E-state index in [1.807, 2.05) is 24.3 Å². The Kier molecular flexibility index (Phi) is 7.62. The van der Waals surface area contributed by atoms with Crippen molar-refractivity contribution >= 4 is 28.9 Å². The molecule has 0 saturated carbocycles. The molecule has 4 aromatic rings. The van der Waals surface area contributed by atoms with Crippen LogP contribution in [0.5, 0.6) is 5.75 Å². The molecule has 180 valence electrons. The monoisotopic (exact) mass is 472 g/mol. The van der Waals surface area contributed by atoms with E-state index in [1.54, 1.807) is 36.4 Å². The molecule has 8 heteroatoms. The zero-order chi connectivity index (χ0) is 24.6. The maximum Gasteiger partial charge on any atom is 0.267 e. The lowest BCUT2D eigenvalue weighted by Gasteiger charge is -2.11. The van der Waals surface area contributed by atoms with Crippen LogP contribution in [0, 0.1) is 5.92 Å². The third-order valence-electron chi connectivity index (χ3n) is 5.11. The minimum absolute atomic E-state index is 0.0784. The van der Waals surface area contributed by atoms with E-state index in [2.05, 4.69) is 34.4 Å². The summed E-state index contributed by atoms with van der Waals surface area (Å²) in [5.74, 6) is 1.47. The Morgan fingerprint density at radius 3 is 2.60 bits per heavy atom. The molecule has 0 aliphatic heterocycles. The van der Waals surface area contributed by atoms with Crippen molar-refractivity contribution in [1.82, 2.24) is 20.6 Å². The van der Waals surface area contributed by atoms with Crippen molar-refractivity contribution in [1.29, 1.82) is 0 Å². The molecule has 0 spiro atoms. The van der Waals surface area contributed by atoms with Gasteiger partial charge in [0, 0.05) is 24.6 Å². The maximum absolute atomic E-state index is 12.9. The number of aromatic nitrogens is 2. The normalized spacial score (nSPS) is 11.6. The highest BCUT2D eigenvalue weighted by Crippen LogP contribution is 2.14. The lowest BCUT2D eigenvalue weighted by molar-refractivity contribution is -0.117. The molecule has 35 heavy (non-hydrogen) atoms. The van der Waals surface area contributed by atoms with Gasteiger partial charge in [0.2, 0.25) is 0 Å². The van der Waals surface area contributed by atoms with Gasteiger partial charge in [-0.1, -0.05) is 26.0 Å². The van der Waals surface area contributed by atoms with Gasteiger partial charge in [-0.15, -0.1) is 0 Å². The minimum atomic E-state index is -0.428. The van der Waals surface area contributed by atoms with Gasteiger partial charge in [0.05, 0.1) is 23.9 Å². The van der Waals surface area contributed by atoms with Crippen molar-refractivity contribution in [2.24, 2.45) is 5.92 Å². The number of fused-ring (bicyclic) bond motifs is 1. The Morgan fingerprint density at radius 1 is 1.09 bits per heavy atom. The second-order valence-electron chi connectivity index (χ2n) is 8.46. The molecule has 3 N–H and O–H groups in total. The summed E-state index contributed by atoms with van der Waals surface area (Å²) in [6.45, 7) is 5.06. The zero-order valence-electron chi connectivity index (χ0n) is 19.7. The van der Waals surface area contributed by atoms with E-state index >= 15 is 0 Å². The van der Waals surface area contributed by atoms with Crippen molar-refractivity contribution in [3.05, 3.63) is 89.8 Å². The average Bonchev–Trinajstić information content (AvgIpc) is 3.52. The molecule has 2 aromatic heterocycles. The van der Waals surface area contributed by atoms with Crippen LogP contribution in [-0.2, 0) is 11.2 Å². The summed E-state index contributed by atoms with van der Waals surface area (Å²) in [5, 5.41) is 5.53. The Morgan fingerprint density at radius 2 is 1.89 bits per heavy atom. The van der Waals surface area contributed by atoms with Crippen molar-refractivity contribution < 1.29 is 18.7 Å². The SMILES string of the molecule is CC(C)COc1ccc(C(=O)NC(=Cc2ccco2)C(=O)NCCc2nc3ccccc3[nH]2)cc1. The predicted molar refractivity (Wildman–Crippen MR) is 134 cm³/mol. The molecule has 0 atom stereocenters. The molecule has 0 radical (unpaired) electrons. The number of hydrogen-bond donors (Lipinski definition) is 3. The van der Waals surface area contributed by atoms with Crippen LogP contribution in [0.2, 0.25) is 0 Å². The summed E-state index contributed by atoms with van der Waals surface area (Å²) in [6, 6.07) is 18.0.